The molecule has 1 N–H and O–H groups in total. The largest absolute Gasteiger partial charge is 0.341 e. The molecule has 2 aliphatic heterocycles. The van der Waals surface area contributed by atoms with Gasteiger partial charge in [0.1, 0.15) is 12.1 Å². The molecule has 0 saturated carbocycles. The van der Waals surface area contributed by atoms with Crippen molar-refractivity contribution in [1.82, 2.24) is 15.1 Å². The monoisotopic (exact) mass is 450 g/mol. The molecule has 0 aromatic heterocycles. The van der Waals surface area contributed by atoms with Crippen molar-refractivity contribution in [3.05, 3.63) is 75.8 Å². The van der Waals surface area contributed by atoms with E-state index >= 15 is 0 Å². The average molecular weight is 450 g/mol. The number of rotatable bonds is 6. The maximum Gasteiger partial charge on any atom is 0.325 e. The fourth-order valence-electron chi connectivity index (χ4n) is 4.52. The topological polar surface area (TPSA) is 113 Å². The minimum absolute atomic E-state index is 0.109. The van der Waals surface area contributed by atoms with Crippen LogP contribution in [0.2, 0.25) is 0 Å². The van der Waals surface area contributed by atoms with Gasteiger partial charge in [-0.3, -0.25) is 24.6 Å². The van der Waals surface area contributed by atoms with Gasteiger partial charge in [-0.1, -0.05) is 30.3 Å². The van der Waals surface area contributed by atoms with Crippen molar-refractivity contribution >= 4 is 23.5 Å². The van der Waals surface area contributed by atoms with Gasteiger partial charge in [0.2, 0.25) is 5.91 Å². The van der Waals surface area contributed by atoms with E-state index in [4.69, 9.17) is 0 Å². The summed E-state index contributed by atoms with van der Waals surface area (Å²) in [5, 5.41) is 13.5. The van der Waals surface area contributed by atoms with Crippen LogP contribution in [0.1, 0.15) is 30.9 Å². The third kappa shape index (κ3) is 4.57. The number of nitrogens with one attached hydrogen (secondary N) is 1. The van der Waals surface area contributed by atoms with Crippen molar-refractivity contribution in [3.63, 3.8) is 0 Å². The fourth-order valence-corrected chi connectivity index (χ4v) is 4.52. The first kappa shape index (κ1) is 22.4. The molecule has 2 aromatic rings. The molecule has 0 radical (unpaired) electrons. The lowest BCUT2D eigenvalue weighted by Gasteiger charge is -2.33. The summed E-state index contributed by atoms with van der Waals surface area (Å²) in [5.74, 6) is -0.308. The highest BCUT2D eigenvalue weighted by Crippen LogP contribution is 2.30. The van der Waals surface area contributed by atoms with Gasteiger partial charge in [0.05, 0.1) is 4.92 Å². The van der Waals surface area contributed by atoms with Crippen molar-refractivity contribution in [2.24, 2.45) is 5.92 Å². The van der Waals surface area contributed by atoms with Gasteiger partial charge in [-0.15, -0.1) is 0 Å². The molecule has 0 bridgehead atoms. The lowest BCUT2D eigenvalue weighted by Crippen LogP contribution is -2.46. The summed E-state index contributed by atoms with van der Waals surface area (Å²) in [6.07, 6.45) is 2.73. The van der Waals surface area contributed by atoms with E-state index in [0.29, 0.717) is 24.6 Å². The zero-order valence-electron chi connectivity index (χ0n) is 18.4. The molecule has 1 unspecified atom stereocenters. The number of likely N-dealkylation sites (tertiary alicyclic amines) is 1. The average Bonchev–Trinajstić information content (AvgIpc) is 3.04. The molecule has 4 rings (SSSR count). The summed E-state index contributed by atoms with van der Waals surface area (Å²) < 4.78 is 0. The molecule has 2 fully saturated rings. The maximum atomic E-state index is 13.1. The van der Waals surface area contributed by atoms with E-state index in [0.717, 1.165) is 24.2 Å². The number of hydrogen-bond donors (Lipinski definition) is 1. The number of carbonyl (C=O) groups excluding carboxylic acids is 3. The van der Waals surface area contributed by atoms with E-state index in [9.17, 15) is 24.5 Å². The maximum absolute atomic E-state index is 13.1. The quantitative estimate of drug-likeness (QED) is 0.413. The molecule has 2 aromatic carbocycles. The zero-order chi connectivity index (χ0) is 23.6. The van der Waals surface area contributed by atoms with Crippen LogP contribution in [0.3, 0.4) is 0 Å². The van der Waals surface area contributed by atoms with Crippen LogP contribution in [0.15, 0.2) is 54.6 Å². The summed E-state index contributed by atoms with van der Waals surface area (Å²) >= 11 is 0. The molecule has 2 heterocycles. The van der Waals surface area contributed by atoms with Crippen molar-refractivity contribution < 1.29 is 19.3 Å². The van der Waals surface area contributed by atoms with Crippen LogP contribution in [0.25, 0.3) is 0 Å². The molecule has 33 heavy (non-hydrogen) atoms. The highest BCUT2D eigenvalue weighted by Gasteiger charge is 2.49. The van der Waals surface area contributed by atoms with Crippen LogP contribution < -0.4 is 5.32 Å². The molecule has 2 saturated heterocycles. The van der Waals surface area contributed by atoms with Crippen LogP contribution in [-0.4, -0.2) is 52.2 Å². The summed E-state index contributed by atoms with van der Waals surface area (Å²) in [5.41, 5.74) is 0.215. The smallest absolute Gasteiger partial charge is 0.325 e. The first-order valence-electron chi connectivity index (χ1n) is 11.0. The number of benzene rings is 2. The summed E-state index contributed by atoms with van der Waals surface area (Å²) in [4.78, 5) is 51.5. The van der Waals surface area contributed by atoms with Crippen molar-refractivity contribution in [3.8, 4) is 0 Å². The first-order valence-corrected chi connectivity index (χ1v) is 11.0. The predicted molar refractivity (Wildman–Crippen MR) is 120 cm³/mol. The van der Waals surface area contributed by atoms with Crippen molar-refractivity contribution in [2.75, 3.05) is 19.6 Å². The SMILES string of the molecule is CC1(c2ccc([N+](=O)[O-])cc2)NC(=O)N(CC(=O)N2CCC(Cc3ccccc3)CC2)C1=O. The number of nitrogens with zero attached hydrogens (tertiary/aromatic N) is 3. The van der Waals surface area contributed by atoms with Crippen LogP contribution in [0.4, 0.5) is 10.5 Å². The van der Waals surface area contributed by atoms with Gasteiger partial charge in [0.15, 0.2) is 0 Å². The number of piperidine rings is 1. The zero-order valence-corrected chi connectivity index (χ0v) is 18.4. The Morgan fingerprint density at radius 1 is 1.09 bits per heavy atom. The van der Waals surface area contributed by atoms with E-state index in [1.54, 1.807) is 4.90 Å². The molecule has 1 atom stereocenters. The molecule has 9 nitrogen and oxygen atoms in total. The molecule has 0 aliphatic carbocycles. The standard InChI is InChI=1S/C24H26N4O5/c1-24(19-7-9-20(10-8-19)28(32)33)22(30)27(23(31)25-24)16-21(29)26-13-11-18(12-14-26)15-17-5-3-2-4-6-17/h2-10,18H,11-16H2,1H3,(H,25,31). The predicted octanol–water partition coefficient (Wildman–Crippen LogP) is 2.84. The van der Waals surface area contributed by atoms with Gasteiger partial charge >= 0.3 is 6.03 Å². The Bertz CT molecular complexity index is 1060. The lowest BCUT2D eigenvalue weighted by molar-refractivity contribution is -0.384. The highest BCUT2D eigenvalue weighted by atomic mass is 16.6. The third-order valence-corrected chi connectivity index (χ3v) is 6.56. The highest BCUT2D eigenvalue weighted by molar-refractivity contribution is 6.09. The number of imide groups is 1. The Kier molecular flexibility index (Phi) is 6.13. The van der Waals surface area contributed by atoms with E-state index in [1.165, 1.54) is 36.8 Å². The second-order valence-corrected chi connectivity index (χ2v) is 8.76. The summed E-state index contributed by atoms with van der Waals surface area (Å²) in [7, 11) is 0. The van der Waals surface area contributed by atoms with Gasteiger partial charge in [-0.05, 0) is 55.4 Å². The number of amides is 4. The summed E-state index contributed by atoms with van der Waals surface area (Å²) in [6, 6.07) is 15.1. The molecule has 172 valence electrons. The Balaban J connectivity index is 1.36. The summed E-state index contributed by atoms with van der Waals surface area (Å²) in [6.45, 7) is 2.41. The number of hydrogen-bond acceptors (Lipinski definition) is 5. The second-order valence-electron chi connectivity index (χ2n) is 8.76. The van der Waals surface area contributed by atoms with Crippen molar-refractivity contribution in [2.45, 2.75) is 31.7 Å². The van der Waals surface area contributed by atoms with E-state index in [-0.39, 0.29) is 18.1 Å². The van der Waals surface area contributed by atoms with Crippen LogP contribution >= 0.6 is 0 Å². The number of non-ortho nitro benzene ring substituents is 1. The number of nitro benzene ring substituents is 1. The van der Waals surface area contributed by atoms with Crippen molar-refractivity contribution in [1.29, 1.82) is 0 Å². The minimum atomic E-state index is -1.38. The van der Waals surface area contributed by atoms with E-state index in [2.05, 4.69) is 17.4 Å². The normalized spacial score (nSPS) is 21.2. The fraction of sp³-hybridized carbons (Fsp3) is 0.375. The second kappa shape index (κ2) is 9.01. The Labute approximate surface area is 191 Å². The minimum Gasteiger partial charge on any atom is -0.341 e. The van der Waals surface area contributed by atoms with E-state index < -0.39 is 22.4 Å². The van der Waals surface area contributed by atoms with Gasteiger partial charge in [0.25, 0.3) is 11.6 Å². The molecule has 4 amide bonds. The Morgan fingerprint density at radius 3 is 2.33 bits per heavy atom. The Hall–Kier alpha value is -3.75. The van der Waals surface area contributed by atoms with E-state index in [1.807, 2.05) is 18.2 Å². The molecule has 0 spiro atoms. The van der Waals surface area contributed by atoms with Crippen LogP contribution in [0.5, 0.6) is 0 Å². The van der Waals surface area contributed by atoms with Gasteiger partial charge in [0, 0.05) is 25.2 Å². The molecule has 9 heteroatoms. The van der Waals surface area contributed by atoms with Gasteiger partial charge < -0.3 is 10.2 Å². The number of carbonyl (C=O) groups is 3. The number of nitro groups is 1. The third-order valence-electron chi connectivity index (χ3n) is 6.56. The molecular formula is C24H26N4O5. The van der Waals surface area contributed by atoms with Gasteiger partial charge in [-0.25, -0.2) is 4.79 Å². The lowest BCUT2D eigenvalue weighted by atomic mass is 9.90. The van der Waals surface area contributed by atoms with Crippen LogP contribution in [-0.2, 0) is 21.5 Å². The first-order chi connectivity index (χ1) is 15.8. The molecule has 2 aliphatic rings. The molecular weight excluding hydrogens is 424 g/mol. The van der Waals surface area contributed by atoms with Gasteiger partial charge in [-0.2, -0.15) is 0 Å². The van der Waals surface area contributed by atoms with Crippen LogP contribution in [0, 0.1) is 16.0 Å². The Morgan fingerprint density at radius 2 is 1.73 bits per heavy atom. The number of urea groups is 1.